The zero-order valence-corrected chi connectivity index (χ0v) is 10.2. The highest BCUT2D eigenvalue weighted by Crippen LogP contribution is 2.16. The first-order valence-corrected chi connectivity index (χ1v) is 6.61. The molecular weight excluding hydrogens is 228 g/mol. The first-order valence-electron chi connectivity index (χ1n) is 4.96. The molecule has 1 atom stereocenters. The lowest BCUT2D eigenvalue weighted by molar-refractivity contribution is 0.112. The van der Waals surface area contributed by atoms with Gasteiger partial charge in [-0.05, 0) is 37.1 Å². The lowest BCUT2D eigenvalue weighted by Crippen LogP contribution is -2.24. The molecule has 1 rings (SSSR count). The largest absolute Gasteiger partial charge is 0.394 e. The first kappa shape index (κ1) is 13.2. The zero-order valence-electron chi connectivity index (χ0n) is 9.34. The van der Waals surface area contributed by atoms with Crippen molar-refractivity contribution in [1.29, 1.82) is 0 Å². The minimum Gasteiger partial charge on any atom is -0.394 e. The van der Waals surface area contributed by atoms with Crippen molar-refractivity contribution in [3.63, 3.8) is 0 Å². The molecule has 0 aliphatic carbocycles. The molecule has 0 fully saturated rings. The van der Waals surface area contributed by atoms with E-state index in [4.69, 9.17) is 10.2 Å². The topological polar surface area (TPSA) is 74.6 Å². The quantitative estimate of drug-likeness (QED) is 0.805. The van der Waals surface area contributed by atoms with E-state index < -0.39 is 28.3 Å². The molecule has 0 aromatic heterocycles. The molecule has 4 nitrogen and oxygen atoms in total. The Morgan fingerprint density at radius 1 is 1.25 bits per heavy atom. The van der Waals surface area contributed by atoms with Crippen LogP contribution in [0.4, 0.5) is 0 Å². The molecule has 90 valence electrons. The van der Waals surface area contributed by atoms with Crippen molar-refractivity contribution in [3.05, 3.63) is 29.3 Å². The van der Waals surface area contributed by atoms with E-state index in [-0.39, 0.29) is 4.90 Å². The molecule has 5 heteroatoms. The number of aliphatic hydroxyl groups is 2. The number of benzene rings is 1. The predicted octanol–water partition coefficient (Wildman–Crippen LogP) is 0.430. The molecular formula is C11H16O4S. The van der Waals surface area contributed by atoms with Gasteiger partial charge in [0.15, 0.2) is 9.84 Å². The van der Waals surface area contributed by atoms with Crippen molar-refractivity contribution in [3.8, 4) is 0 Å². The molecule has 0 bridgehead atoms. The summed E-state index contributed by atoms with van der Waals surface area (Å²) in [6.45, 7) is 3.18. The van der Waals surface area contributed by atoms with E-state index in [1.165, 1.54) is 6.07 Å². The average Bonchev–Trinajstić information content (AvgIpc) is 2.21. The van der Waals surface area contributed by atoms with Crippen LogP contribution in [0.2, 0.25) is 0 Å². The second-order valence-electron chi connectivity index (χ2n) is 3.86. The van der Waals surface area contributed by atoms with E-state index in [1.807, 2.05) is 13.8 Å². The van der Waals surface area contributed by atoms with Crippen LogP contribution in [-0.4, -0.2) is 37.1 Å². The van der Waals surface area contributed by atoms with Crippen LogP contribution in [0.3, 0.4) is 0 Å². The molecule has 0 amide bonds. The average molecular weight is 244 g/mol. The highest BCUT2D eigenvalue weighted by atomic mass is 32.2. The Labute approximate surface area is 95.5 Å². The van der Waals surface area contributed by atoms with Crippen molar-refractivity contribution >= 4 is 9.84 Å². The summed E-state index contributed by atoms with van der Waals surface area (Å²) in [7, 11) is -3.52. The molecule has 0 aliphatic rings. The molecule has 0 saturated heterocycles. The van der Waals surface area contributed by atoms with Crippen LogP contribution in [0, 0.1) is 13.8 Å². The van der Waals surface area contributed by atoms with Crippen molar-refractivity contribution in [2.24, 2.45) is 0 Å². The Kier molecular flexibility index (Phi) is 4.07. The molecule has 0 saturated carbocycles. The van der Waals surface area contributed by atoms with Gasteiger partial charge in [0.1, 0.15) is 0 Å². The van der Waals surface area contributed by atoms with Crippen molar-refractivity contribution < 1.29 is 18.6 Å². The fourth-order valence-electron chi connectivity index (χ4n) is 1.31. The van der Waals surface area contributed by atoms with Gasteiger partial charge in [0.2, 0.25) is 0 Å². The van der Waals surface area contributed by atoms with Gasteiger partial charge in [-0.25, -0.2) is 8.42 Å². The van der Waals surface area contributed by atoms with Crippen LogP contribution < -0.4 is 0 Å². The van der Waals surface area contributed by atoms with E-state index in [0.29, 0.717) is 0 Å². The lowest BCUT2D eigenvalue weighted by atomic mass is 10.1. The van der Waals surface area contributed by atoms with Gasteiger partial charge in [-0.1, -0.05) is 6.07 Å². The maximum Gasteiger partial charge on any atom is 0.181 e. The highest BCUT2D eigenvalue weighted by Gasteiger charge is 2.19. The maximum absolute atomic E-state index is 11.8. The second-order valence-corrected chi connectivity index (χ2v) is 5.90. The molecule has 0 spiro atoms. The first-order chi connectivity index (χ1) is 7.36. The molecule has 0 unspecified atom stereocenters. The Hall–Kier alpha value is -0.910. The number of aryl methyl sites for hydroxylation is 2. The Balaban J connectivity index is 3.03. The number of sulfone groups is 1. The monoisotopic (exact) mass is 244 g/mol. The fraction of sp³-hybridized carbons (Fsp3) is 0.455. The van der Waals surface area contributed by atoms with Gasteiger partial charge in [0.05, 0.1) is 23.4 Å². The van der Waals surface area contributed by atoms with Gasteiger partial charge in [0, 0.05) is 0 Å². The third-order valence-electron chi connectivity index (χ3n) is 2.46. The van der Waals surface area contributed by atoms with Gasteiger partial charge in [-0.2, -0.15) is 0 Å². The van der Waals surface area contributed by atoms with Gasteiger partial charge in [-0.3, -0.25) is 0 Å². The predicted molar refractivity (Wildman–Crippen MR) is 61.1 cm³/mol. The summed E-state index contributed by atoms with van der Waals surface area (Å²) < 4.78 is 23.6. The van der Waals surface area contributed by atoms with E-state index in [9.17, 15) is 8.42 Å². The van der Waals surface area contributed by atoms with Gasteiger partial charge in [-0.15, -0.1) is 0 Å². The van der Waals surface area contributed by atoms with Crippen LogP contribution in [0.15, 0.2) is 23.1 Å². The molecule has 0 aliphatic heterocycles. The summed E-state index contributed by atoms with van der Waals surface area (Å²) in [6, 6.07) is 4.82. The van der Waals surface area contributed by atoms with Gasteiger partial charge >= 0.3 is 0 Å². The number of hydrogen-bond donors (Lipinski definition) is 2. The minimum atomic E-state index is -3.52. The standard InChI is InChI=1S/C11H16O4S/c1-8-3-4-11(5-9(8)2)16(14,15)7-10(13)6-12/h3-5,10,12-13H,6-7H2,1-2H3/t10-/m1/s1. The fourth-order valence-corrected chi connectivity index (χ4v) is 2.75. The smallest absolute Gasteiger partial charge is 0.181 e. The summed E-state index contributed by atoms with van der Waals surface area (Å²) in [6.07, 6.45) is -1.23. The highest BCUT2D eigenvalue weighted by molar-refractivity contribution is 7.91. The van der Waals surface area contributed by atoms with Gasteiger partial charge in [0.25, 0.3) is 0 Å². The third kappa shape index (κ3) is 3.04. The number of aliphatic hydroxyl groups excluding tert-OH is 2. The second kappa shape index (κ2) is 4.95. The van der Waals surface area contributed by atoms with Crippen LogP contribution in [0.25, 0.3) is 0 Å². The summed E-state index contributed by atoms with van der Waals surface area (Å²) in [5.74, 6) is -0.452. The Bertz CT molecular complexity index is 465. The van der Waals surface area contributed by atoms with E-state index >= 15 is 0 Å². The zero-order chi connectivity index (χ0) is 12.3. The lowest BCUT2D eigenvalue weighted by Gasteiger charge is -2.09. The normalized spacial score (nSPS) is 13.8. The summed E-state index contributed by atoms with van der Waals surface area (Å²) in [5.41, 5.74) is 1.90. The number of rotatable bonds is 4. The Morgan fingerprint density at radius 2 is 1.88 bits per heavy atom. The Morgan fingerprint density at radius 3 is 2.38 bits per heavy atom. The van der Waals surface area contributed by atoms with E-state index in [1.54, 1.807) is 12.1 Å². The molecule has 0 heterocycles. The maximum atomic E-state index is 11.8. The van der Waals surface area contributed by atoms with Crippen LogP contribution in [-0.2, 0) is 9.84 Å². The minimum absolute atomic E-state index is 0.183. The van der Waals surface area contributed by atoms with E-state index in [0.717, 1.165) is 11.1 Å². The SMILES string of the molecule is Cc1ccc(S(=O)(=O)C[C@H](O)CO)cc1C. The number of hydrogen-bond acceptors (Lipinski definition) is 4. The van der Waals surface area contributed by atoms with Crippen LogP contribution >= 0.6 is 0 Å². The molecule has 2 N–H and O–H groups in total. The molecule has 1 aromatic carbocycles. The van der Waals surface area contributed by atoms with Gasteiger partial charge < -0.3 is 10.2 Å². The van der Waals surface area contributed by atoms with Crippen molar-refractivity contribution in [1.82, 2.24) is 0 Å². The molecule has 16 heavy (non-hydrogen) atoms. The summed E-state index contributed by atoms with van der Waals surface area (Å²) in [5, 5.41) is 17.8. The van der Waals surface area contributed by atoms with Crippen molar-refractivity contribution in [2.75, 3.05) is 12.4 Å². The van der Waals surface area contributed by atoms with Crippen molar-refractivity contribution in [2.45, 2.75) is 24.8 Å². The van der Waals surface area contributed by atoms with E-state index in [2.05, 4.69) is 0 Å². The molecule has 1 aromatic rings. The summed E-state index contributed by atoms with van der Waals surface area (Å²) in [4.78, 5) is 0.183. The van der Waals surface area contributed by atoms with Crippen LogP contribution in [0.1, 0.15) is 11.1 Å². The molecule has 0 radical (unpaired) electrons. The van der Waals surface area contributed by atoms with Crippen LogP contribution in [0.5, 0.6) is 0 Å². The third-order valence-corrected chi connectivity index (χ3v) is 4.26. The summed E-state index contributed by atoms with van der Waals surface area (Å²) >= 11 is 0.